The Labute approximate surface area is 182 Å². The monoisotopic (exact) mass is 437 g/mol. The zero-order chi connectivity index (χ0) is 23.0. The van der Waals surface area contributed by atoms with Crippen LogP contribution in [0.25, 0.3) is 0 Å². The molecule has 0 aromatic heterocycles. The van der Waals surface area contributed by atoms with Crippen LogP contribution in [0.15, 0.2) is 48.5 Å². The van der Waals surface area contributed by atoms with Gasteiger partial charge in [0.25, 0.3) is 17.5 Å². The van der Waals surface area contributed by atoms with Crippen LogP contribution in [-0.4, -0.2) is 45.6 Å². The van der Waals surface area contributed by atoms with Gasteiger partial charge in [-0.3, -0.25) is 29.3 Å². The van der Waals surface area contributed by atoms with Crippen molar-refractivity contribution in [1.82, 2.24) is 4.90 Å². The van der Waals surface area contributed by atoms with Crippen LogP contribution in [0.5, 0.6) is 5.75 Å². The molecule has 1 atom stereocenters. The molecule has 2 fully saturated rings. The first-order valence-electron chi connectivity index (χ1n) is 9.98. The van der Waals surface area contributed by atoms with Crippen molar-refractivity contribution in [2.75, 3.05) is 4.90 Å². The van der Waals surface area contributed by atoms with Crippen molar-refractivity contribution in [2.45, 2.75) is 38.3 Å². The van der Waals surface area contributed by atoms with Crippen LogP contribution >= 0.6 is 0 Å². The predicted octanol–water partition coefficient (Wildman–Crippen LogP) is 2.46. The third kappa shape index (κ3) is 4.07. The van der Waals surface area contributed by atoms with Crippen molar-refractivity contribution in [2.24, 2.45) is 0 Å². The summed E-state index contributed by atoms with van der Waals surface area (Å²) in [7, 11) is 0. The van der Waals surface area contributed by atoms with Gasteiger partial charge < -0.3 is 9.64 Å². The number of rotatable bonds is 6. The number of imide groups is 1. The second-order valence-corrected chi connectivity index (χ2v) is 7.63. The Balaban J connectivity index is 1.59. The number of amides is 3. The number of ether oxygens (including phenoxy) is 1. The SMILES string of the molecule is CC(=O)Oc1ccc(N2C(=O)CC(N(C(=O)c3cccc([N+](=O)[O-])c3)C3CC3)C2=O)cc1. The lowest BCUT2D eigenvalue weighted by molar-refractivity contribution is -0.384. The summed E-state index contributed by atoms with van der Waals surface area (Å²) in [6.45, 7) is 1.26. The molecule has 1 unspecified atom stereocenters. The molecule has 10 nitrogen and oxygen atoms in total. The molecular formula is C22H19N3O7. The van der Waals surface area contributed by atoms with Gasteiger partial charge in [0.1, 0.15) is 11.8 Å². The summed E-state index contributed by atoms with van der Waals surface area (Å²) in [5.41, 5.74) is 0.169. The molecule has 164 valence electrons. The number of esters is 1. The molecule has 0 spiro atoms. The maximum Gasteiger partial charge on any atom is 0.308 e. The average molecular weight is 437 g/mol. The maximum absolute atomic E-state index is 13.2. The highest BCUT2D eigenvalue weighted by Gasteiger charge is 2.49. The lowest BCUT2D eigenvalue weighted by Gasteiger charge is -2.27. The van der Waals surface area contributed by atoms with Crippen LogP contribution in [-0.2, 0) is 14.4 Å². The number of carbonyl (C=O) groups excluding carboxylic acids is 4. The van der Waals surface area contributed by atoms with Crippen LogP contribution in [0.4, 0.5) is 11.4 Å². The van der Waals surface area contributed by atoms with Gasteiger partial charge in [-0.05, 0) is 43.2 Å². The molecule has 3 amide bonds. The number of nitro groups is 1. The minimum atomic E-state index is -0.991. The highest BCUT2D eigenvalue weighted by Crippen LogP contribution is 2.35. The minimum Gasteiger partial charge on any atom is -0.427 e. The molecule has 2 aliphatic rings. The molecule has 2 aromatic rings. The number of benzene rings is 2. The molecule has 0 N–H and O–H groups in total. The van der Waals surface area contributed by atoms with Crippen molar-refractivity contribution < 1.29 is 28.8 Å². The Hall–Kier alpha value is -4.08. The summed E-state index contributed by atoms with van der Waals surface area (Å²) in [6, 6.07) is 10.0. The van der Waals surface area contributed by atoms with E-state index in [4.69, 9.17) is 4.74 Å². The van der Waals surface area contributed by atoms with Gasteiger partial charge in [0.2, 0.25) is 5.91 Å². The molecular weight excluding hydrogens is 418 g/mol. The highest BCUT2D eigenvalue weighted by molar-refractivity contribution is 6.23. The smallest absolute Gasteiger partial charge is 0.308 e. The zero-order valence-electron chi connectivity index (χ0n) is 17.1. The van der Waals surface area contributed by atoms with Crippen molar-refractivity contribution in [3.8, 4) is 5.75 Å². The lowest BCUT2D eigenvalue weighted by atomic mass is 10.1. The molecule has 1 saturated carbocycles. The fraction of sp³-hybridized carbons (Fsp3) is 0.273. The molecule has 1 aliphatic carbocycles. The van der Waals surface area contributed by atoms with Gasteiger partial charge >= 0.3 is 5.97 Å². The second-order valence-electron chi connectivity index (χ2n) is 7.63. The largest absolute Gasteiger partial charge is 0.427 e. The van der Waals surface area contributed by atoms with Crippen LogP contribution in [0.1, 0.15) is 36.5 Å². The summed E-state index contributed by atoms with van der Waals surface area (Å²) in [5, 5.41) is 11.1. The molecule has 10 heteroatoms. The molecule has 0 bridgehead atoms. The second kappa shape index (κ2) is 8.22. The van der Waals surface area contributed by atoms with Crippen molar-refractivity contribution in [3.05, 3.63) is 64.2 Å². The van der Waals surface area contributed by atoms with E-state index in [0.29, 0.717) is 18.5 Å². The number of hydrogen-bond donors (Lipinski definition) is 0. The van der Waals surface area contributed by atoms with E-state index < -0.39 is 34.7 Å². The third-order valence-corrected chi connectivity index (χ3v) is 5.29. The highest BCUT2D eigenvalue weighted by atomic mass is 16.6. The molecule has 1 saturated heterocycles. The molecule has 0 radical (unpaired) electrons. The van der Waals surface area contributed by atoms with E-state index in [-0.39, 0.29) is 29.5 Å². The van der Waals surface area contributed by atoms with Crippen LogP contribution in [0.2, 0.25) is 0 Å². The van der Waals surface area contributed by atoms with E-state index in [1.54, 1.807) is 0 Å². The first-order valence-corrected chi connectivity index (χ1v) is 9.98. The fourth-order valence-corrected chi connectivity index (χ4v) is 3.75. The number of non-ortho nitro benzene ring substituents is 1. The molecule has 1 heterocycles. The van der Waals surface area contributed by atoms with Crippen molar-refractivity contribution in [3.63, 3.8) is 0 Å². The average Bonchev–Trinajstić information content (AvgIpc) is 3.54. The van der Waals surface area contributed by atoms with E-state index in [1.807, 2.05) is 0 Å². The fourth-order valence-electron chi connectivity index (χ4n) is 3.75. The summed E-state index contributed by atoms with van der Waals surface area (Å²) in [6.07, 6.45) is 1.20. The Kier molecular flexibility index (Phi) is 5.43. The number of nitrogens with zero attached hydrogens (tertiary/aromatic N) is 3. The van der Waals surface area contributed by atoms with Crippen molar-refractivity contribution >= 4 is 35.1 Å². The molecule has 32 heavy (non-hydrogen) atoms. The maximum atomic E-state index is 13.2. The summed E-state index contributed by atoms with van der Waals surface area (Å²) < 4.78 is 4.96. The van der Waals surface area contributed by atoms with Gasteiger partial charge in [-0.2, -0.15) is 0 Å². The van der Waals surface area contributed by atoms with Gasteiger partial charge in [0, 0.05) is 30.7 Å². The van der Waals surface area contributed by atoms with Crippen LogP contribution in [0, 0.1) is 10.1 Å². The Morgan fingerprint density at radius 3 is 2.41 bits per heavy atom. The Morgan fingerprint density at radius 1 is 1.12 bits per heavy atom. The van der Waals surface area contributed by atoms with Gasteiger partial charge in [0.15, 0.2) is 0 Å². The van der Waals surface area contributed by atoms with Gasteiger partial charge in [-0.25, -0.2) is 4.90 Å². The van der Waals surface area contributed by atoms with E-state index in [1.165, 1.54) is 60.4 Å². The predicted molar refractivity (Wildman–Crippen MR) is 111 cm³/mol. The first kappa shape index (κ1) is 21.2. The number of anilines is 1. The van der Waals surface area contributed by atoms with Gasteiger partial charge in [-0.15, -0.1) is 0 Å². The van der Waals surface area contributed by atoms with Gasteiger partial charge in [-0.1, -0.05) is 6.07 Å². The zero-order valence-corrected chi connectivity index (χ0v) is 17.1. The normalized spacial score (nSPS) is 17.9. The standard InChI is InChI=1S/C22H19N3O7/c1-13(26)32-18-9-7-16(8-10-18)24-20(27)12-19(22(24)29)23(15-5-6-15)21(28)14-3-2-4-17(11-14)25(30)31/h2-4,7-11,15,19H,5-6,12H2,1H3. The molecule has 1 aliphatic heterocycles. The van der Waals surface area contributed by atoms with E-state index in [0.717, 1.165) is 4.90 Å². The Bertz CT molecular complexity index is 1120. The topological polar surface area (TPSA) is 127 Å². The minimum absolute atomic E-state index is 0.0931. The van der Waals surface area contributed by atoms with E-state index >= 15 is 0 Å². The summed E-state index contributed by atoms with van der Waals surface area (Å²) >= 11 is 0. The number of carbonyl (C=O) groups is 4. The number of hydrogen-bond acceptors (Lipinski definition) is 7. The summed E-state index contributed by atoms with van der Waals surface area (Å²) in [5.74, 6) is -1.74. The third-order valence-electron chi connectivity index (χ3n) is 5.29. The lowest BCUT2D eigenvalue weighted by Crippen LogP contribution is -2.46. The van der Waals surface area contributed by atoms with Crippen molar-refractivity contribution in [1.29, 1.82) is 0 Å². The van der Waals surface area contributed by atoms with Crippen LogP contribution < -0.4 is 9.64 Å². The molecule has 4 rings (SSSR count). The van der Waals surface area contributed by atoms with E-state index in [2.05, 4.69) is 0 Å². The quantitative estimate of drug-likeness (QED) is 0.223. The Morgan fingerprint density at radius 2 is 1.81 bits per heavy atom. The number of nitro benzene ring substituents is 1. The summed E-state index contributed by atoms with van der Waals surface area (Å²) in [4.78, 5) is 63.0. The van der Waals surface area contributed by atoms with Gasteiger partial charge in [0.05, 0.1) is 17.0 Å². The van der Waals surface area contributed by atoms with E-state index in [9.17, 15) is 29.3 Å². The first-order chi connectivity index (χ1) is 15.3. The van der Waals surface area contributed by atoms with Crippen LogP contribution in [0.3, 0.4) is 0 Å². The molecule has 2 aromatic carbocycles.